The molecule has 0 N–H and O–H groups in total. The second-order valence-electron chi connectivity index (χ2n) is 7.77. The van der Waals surface area contributed by atoms with Crippen molar-refractivity contribution in [2.24, 2.45) is 0 Å². The minimum atomic E-state index is 0.358. The zero-order chi connectivity index (χ0) is 22.2. The van der Waals surface area contributed by atoms with Gasteiger partial charge in [-0.3, -0.25) is 0 Å². The SMILES string of the molecule is CCCCOc1cccc(OCc2nc3ccccc3c(OCc3ccccc3)c2C)c1. The van der Waals surface area contributed by atoms with E-state index in [1.807, 2.05) is 67.6 Å². The first-order chi connectivity index (χ1) is 15.7. The molecule has 0 unspecified atom stereocenters. The fourth-order valence-corrected chi connectivity index (χ4v) is 3.52. The Bertz CT molecular complexity index is 1160. The molecule has 4 nitrogen and oxygen atoms in total. The maximum absolute atomic E-state index is 6.29. The van der Waals surface area contributed by atoms with Crippen molar-refractivity contribution in [3.8, 4) is 17.2 Å². The van der Waals surface area contributed by atoms with Crippen molar-refractivity contribution < 1.29 is 14.2 Å². The second-order valence-corrected chi connectivity index (χ2v) is 7.77. The highest BCUT2D eigenvalue weighted by atomic mass is 16.5. The summed E-state index contributed by atoms with van der Waals surface area (Å²) in [6.45, 7) is 5.78. The van der Waals surface area contributed by atoms with Crippen LogP contribution in [-0.4, -0.2) is 11.6 Å². The van der Waals surface area contributed by atoms with Crippen molar-refractivity contribution in [3.63, 3.8) is 0 Å². The smallest absolute Gasteiger partial charge is 0.134 e. The Hall–Kier alpha value is -3.53. The molecule has 32 heavy (non-hydrogen) atoms. The number of rotatable bonds is 10. The molecule has 0 radical (unpaired) electrons. The van der Waals surface area contributed by atoms with Gasteiger partial charge in [0.15, 0.2) is 0 Å². The fraction of sp³-hybridized carbons (Fsp3) is 0.250. The summed E-state index contributed by atoms with van der Waals surface area (Å²) in [6.07, 6.45) is 2.15. The highest BCUT2D eigenvalue weighted by Crippen LogP contribution is 2.32. The molecular weight excluding hydrogens is 398 g/mol. The number of ether oxygens (including phenoxy) is 3. The quantitative estimate of drug-likeness (QED) is 0.259. The second kappa shape index (κ2) is 10.7. The van der Waals surface area contributed by atoms with Crippen LogP contribution in [0.2, 0.25) is 0 Å². The number of benzene rings is 3. The number of para-hydroxylation sites is 1. The lowest BCUT2D eigenvalue weighted by Gasteiger charge is -2.16. The molecule has 0 aliphatic heterocycles. The Morgan fingerprint density at radius 1 is 0.750 bits per heavy atom. The number of unbranched alkanes of at least 4 members (excludes halogenated alkanes) is 1. The van der Waals surface area contributed by atoms with Crippen LogP contribution in [0.15, 0.2) is 78.9 Å². The van der Waals surface area contributed by atoms with Crippen LogP contribution < -0.4 is 14.2 Å². The van der Waals surface area contributed by atoms with Crippen molar-refractivity contribution >= 4 is 10.9 Å². The van der Waals surface area contributed by atoms with E-state index in [9.17, 15) is 0 Å². The molecule has 164 valence electrons. The third-order valence-electron chi connectivity index (χ3n) is 5.35. The monoisotopic (exact) mass is 427 g/mol. The number of fused-ring (bicyclic) bond motifs is 1. The minimum absolute atomic E-state index is 0.358. The molecule has 0 fully saturated rings. The van der Waals surface area contributed by atoms with Gasteiger partial charge in [0.1, 0.15) is 30.5 Å². The van der Waals surface area contributed by atoms with E-state index >= 15 is 0 Å². The summed E-state index contributed by atoms with van der Waals surface area (Å²) < 4.78 is 18.2. The molecular formula is C28H29NO3. The van der Waals surface area contributed by atoms with Crippen molar-refractivity contribution in [2.45, 2.75) is 39.9 Å². The maximum atomic E-state index is 6.29. The topological polar surface area (TPSA) is 40.6 Å². The van der Waals surface area contributed by atoms with Gasteiger partial charge in [-0.05, 0) is 43.2 Å². The first kappa shape index (κ1) is 21.7. The van der Waals surface area contributed by atoms with E-state index in [4.69, 9.17) is 19.2 Å². The van der Waals surface area contributed by atoms with Crippen LogP contribution in [0.25, 0.3) is 10.9 Å². The molecule has 0 atom stereocenters. The van der Waals surface area contributed by atoms with E-state index < -0.39 is 0 Å². The molecule has 3 aromatic carbocycles. The third-order valence-corrected chi connectivity index (χ3v) is 5.35. The first-order valence-electron chi connectivity index (χ1n) is 11.1. The van der Waals surface area contributed by atoms with Gasteiger partial charge in [-0.25, -0.2) is 4.98 Å². The Labute approximate surface area is 189 Å². The molecule has 1 heterocycles. The lowest BCUT2D eigenvalue weighted by Crippen LogP contribution is -2.06. The summed E-state index contributed by atoms with van der Waals surface area (Å²) >= 11 is 0. The van der Waals surface area contributed by atoms with Crippen LogP contribution in [0, 0.1) is 6.92 Å². The molecule has 0 amide bonds. The van der Waals surface area contributed by atoms with Crippen molar-refractivity contribution in [1.82, 2.24) is 4.98 Å². The Balaban J connectivity index is 1.54. The molecule has 0 saturated carbocycles. The third kappa shape index (κ3) is 5.38. The number of nitrogens with zero attached hydrogens (tertiary/aromatic N) is 1. The lowest BCUT2D eigenvalue weighted by atomic mass is 10.1. The molecule has 0 bridgehead atoms. The van der Waals surface area contributed by atoms with Crippen LogP contribution in [0.3, 0.4) is 0 Å². The average Bonchev–Trinajstić information content (AvgIpc) is 2.83. The van der Waals surface area contributed by atoms with E-state index in [1.165, 1.54) is 0 Å². The summed E-state index contributed by atoms with van der Waals surface area (Å²) in [7, 11) is 0. The fourth-order valence-electron chi connectivity index (χ4n) is 3.52. The first-order valence-corrected chi connectivity index (χ1v) is 11.1. The Morgan fingerprint density at radius 2 is 1.50 bits per heavy atom. The number of aromatic nitrogens is 1. The maximum Gasteiger partial charge on any atom is 0.134 e. The van der Waals surface area contributed by atoms with Crippen LogP contribution in [0.1, 0.15) is 36.6 Å². The van der Waals surface area contributed by atoms with E-state index in [0.29, 0.717) is 19.8 Å². The Kier molecular flexibility index (Phi) is 7.23. The zero-order valence-electron chi connectivity index (χ0n) is 18.7. The van der Waals surface area contributed by atoms with Crippen molar-refractivity contribution in [2.75, 3.05) is 6.61 Å². The number of pyridine rings is 1. The molecule has 0 saturated heterocycles. The van der Waals surface area contributed by atoms with Crippen LogP contribution in [-0.2, 0) is 13.2 Å². The van der Waals surface area contributed by atoms with Gasteiger partial charge in [-0.15, -0.1) is 0 Å². The molecule has 4 heteroatoms. The summed E-state index contributed by atoms with van der Waals surface area (Å²) in [6, 6.07) is 26.0. The molecule has 1 aromatic heterocycles. The predicted molar refractivity (Wildman–Crippen MR) is 128 cm³/mol. The predicted octanol–water partition coefficient (Wildman–Crippen LogP) is 6.88. The van der Waals surface area contributed by atoms with Crippen LogP contribution in [0.5, 0.6) is 17.2 Å². The molecule has 4 rings (SSSR count). The van der Waals surface area contributed by atoms with Gasteiger partial charge in [-0.2, -0.15) is 0 Å². The number of hydrogen-bond acceptors (Lipinski definition) is 4. The van der Waals surface area contributed by atoms with E-state index in [2.05, 4.69) is 25.1 Å². The summed E-state index contributed by atoms with van der Waals surface area (Å²) in [5.74, 6) is 2.45. The van der Waals surface area contributed by atoms with E-state index in [-0.39, 0.29) is 0 Å². The molecule has 0 aliphatic carbocycles. The van der Waals surface area contributed by atoms with Crippen LogP contribution in [0.4, 0.5) is 0 Å². The normalized spacial score (nSPS) is 10.8. The molecule has 0 aliphatic rings. The van der Waals surface area contributed by atoms with Gasteiger partial charge in [0.25, 0.3) is 0 Å². The van der Waals surface area contributed by atoms with E-state index in [1.54, 1.807) is 0 Å². The molecule has 0 spiro atoms. The van der Waals surface area contributed by atoms with Crippen molar-refractivity contribution in [3.05, 3.63) is 95.7 Å². The summed E-state index contributed by atoms with van der Waals surface area (Å²) in [5, 5.41) is 1.01. The summed E-state index contributed by atoms with van der Waals surface area (Å²) in [4.78, 5) is 4.85. The van der Waals surface area contributed by atoms with E-state index in [0.717, 1.165) is 57.8 Å². The number of hydrogen-bond donors (Lipinski definition) is 0. The van der Waals surface area contributed by atoms with Gasteiger partial charge < -0.3 is 14.2 Å². The highest BCUT2D eigenvalue weighted by molar-refractivity contribution is 5.86. The van der Waals surface area contributed by atoms with Gasteiger partial charge in [-0.1, -0.05) is 61.9 Å². The zero-order valence-corrected chi connectivity index (χ0v) is 18.7. The molecule has 4 aromatic rings. The van der Waals surface area contributed by atoms with Gasteiger partial charge in [0.05, 0.1) is 17.8 Å². The van der Waals surface area contributed by atoms with Crippen LogP contribution >= 0.6 is 0 Å². The van der Waals surface area contributed by atoms with Gasteiger partial charge >= 0.3 is 0 Å². The van der Waals surface area contributed by atoms with Crippen molar-refractivity contribution in [1.29, 1.82) is 0 Å². The lowest BCUT2D eigenvalue weighted by molar-refractivity contribution is 0.285. The van der Waals surface area contributed by atoms with Gasteiger partial charge in [0, 0.05) is 17.0 Å². The van der Waals surface area contributed by atoms with Gasteiger partial charge in [0.2, 0.25) is 0 Å². The Morgan fingerprint density at radius 3 is 2.31 bits per heavy atom. The standard InChI is InChI=1S/C28H29NO3/c1-3-4-17-30-23-13-10-14-24(18-23)31-20-27-21(2)28(25-15-8-9-16-26(25)29-27)32-19-22-11-6-5-7-12-22/h5-16,18H,3-4,17,19-20H2,1-2H3. The summed E-state index contributed by atoms with van der Waals surface area (Å²) in [5.41, 5.74) is 3.89. The average molecular weight is 428 g/mol. The minimum Gasteiger partial charge on any atom is -0.493 e. The largest absolute Gasteiger partial charge is 0.493 e. The highest BCUT2D eigenvalue weighted by Gasteiger charge is 2.14.